The Bertz CT molecular complexity index is 851. The Labute approximate surface area is 146 Å². The first-order valence-corrected chi connectivity index (χ1v) is 10.4. The van der Waals surface area contributed by atoms with Gasteiger partial charge in [-0.05, 0) is 66.3 Å². The molecule has 1 aromatic rings. The molecule has 2 unspecified atom stereocenters. The highest BCUT2D eigenvalue weighted by Gasteiger charge is 2.63. The molecule has 5 rings (SSSR count). The van der Waals surface area contributed by atoms with E-state index < -0.39 is 15.6 Å². The summed E-state index contributed by atoms with van der Waals surface area (Å²) in [4.78, 5) is 4.29. The van der Waals surface area contributed by atoms with Crippen LogP contribution in [0.2, 0.25) is 5.02 Å². The lowest BCUT2D eigenvalue weighted by Gasteiger charge is -2.29. The van der Waals surface area contributed by atoms with Gasteiger partial charge in [0, 0.05) is 17.3 Å². The number of aliphatic imine (C=N–C) groups is 1. The lowest BCUT2D eigenvalue weighted by Crippen LogP contribution is -2.35. The fraction of sp³-hybridized carbons (Fsp3) is 0.588. The number of hydrogen-bond donors (Lipinski definition) is 2. The van der Waals surface area contributed by atoms with E-state index in [1.165, 1.54) is 0 Å². The molecule has 3 fully saturated rings. The summed E-state index contributed by atoms with van der Waals surface area (Å²) < 4.78 is 27.0. The first-order valence-electron chi connectivity index (χ1n) is 8.44. The Morgan fingerprint density at radius 1 is 1.25 bits per heavy atom. The SMILES string of the molecule is O=S(=O)(NC1[C@H]2CC(O)(c3cc(Cl)cc4c3CN=C4)C[C@@H]12)C1CC1. The van der Waals surface area contributed by atoms with Crippen LogP contribution in [0.3, 0.4) is 0 Å². The minimum Gasteiger partial charge on any atom is -0.385 e. The van der Waals surface area contributed by atoms with Crippen molar-refractivity contribution in [3.8, 4) is 0 Å². The van der Waals surface area contributed by atoms with Crippen molar-refractivity contribution in [1.82, 2.24) is 4.72 Å². The average molecular weight is 367 g/mol. The quantitative estimate of drug-likeness (QED) is 0.854. The molecule has 2 N–H and O–H groups in total. The van der Waals surface area contributed by atoms with Crippen LogP contribution in [0.15, 0.2) is 17.1 Å². The molecule has 0 amide bonds. The molecule has 5 nitrogen and oxygen atoms in total. The monoisotopic (exact) mass is 366 g/mol. The number of aliphatic hydroxyl groups is 1. The van der Waals surface area contributed by atoms with Crippen molar-refractivity contribution in [2.24, 2.45) is 16.8 Å². The van der Waals surface area contributed by atoms with Gasteiger partial charge in [-0.15, -0.1) is 0 Å². The van der Waals surface area contributed by atoms with Gasteiger partial charge in [0.15, 0.2) is 0 Å². The number of benzene rings is 1. The third-order valence-electron chi connectivity index (χ3n) is 5.97. The third-order valence-corrected chi connectivity index (χ3v) is 8.14. The predicted octanol–water partition coefficient (Wildman–Crippen LogP) is 1.95. The lowest BCUT2D eigenvalue weighted by molar-refractivity contribution is 0.0280. The van der Waals surface area contributed by atoms with E-state index in [-0.39, 0.29) is 23.1 Å². The van der Waals surface area contributed by atoms with Crippen molar-refractivity contribution in [3.63, 3.8) is 0 Å². The van der Waals surface area contributed by atoms with Crippen LogP contribution in [-0.2, 0) is 22.2 Å². The smallest absolute Gasteiger partial charge is 0.214 e. The highest BCUT2D eigenvalue weighted by atomic mass is 35.5. The largest absolute Gasteiger partial charge is 0.385 e. The van der Waals surface area contributed by atoms with Crippen LogP contribution in [0.4, 0.5) is 0 Å². The van der Waals surface area contributed by atoms with Gasteiger partial charge in [0.2, 0.25) is 10.0 Å². The summed E-state index contributed by atoms with van der Waals surface area (Å²) in [6.07, 6.45) is 4.52. The van der Waals surface area contributed by atoms with Crippen LogP contribution in [-0.4, -0.2) is 31.0 Å². The molecule has 128 valence electrons. The van der Waals surface area contributed by atoms with E-state index in [9.17, 15) is 13.5 Å². The first kappa shape index (κ1) is 15.3. The van der Waals surface area contributed by atoms with Gasteiger partial charge >= 0.3 is 0 Å². The number of nitrogens with one attached hydrogen (secondary N) is 1. The number of sulfonamides is 1. The van der Waals surface area contributed by atoms with Crippen molar-refractivity contribution in [2.75, 3.05) is 0 Å². The van der Waals surface area contributed by atoms with Crippen LogP contribution in [0, 0.1) is 11.8 Å². The molecule has 0 radical (unpaired) electrons. The Kier molecular flexibility index (Phi) is 3.07. The lowest BCUT2D eigenvalue weighted by atomic mass is 9.84. The molecule has 0 spiro atoms. The Balaban J connectivity index is 1.36. The molecule has 4 atom stereocenters. The third kappa shape index (κ3) is 2.27. The van der Waals surface area contributed by atoms with Gasteiger partial charge in [0.25, 0.3) is 0 Å². The van der Waals surface area contributed by atoms with Crippen molar-refractivity contribution >= 4 is 27.8 Å². The molecule has 1 heterocycles. The van der Waals surface area contributed by atoms with Crippen molar-refractivity contribution in [2.45, 2.75) is 49.1 Å². The second-order valence-corrected chi connectivity index (χ2v) is 10.1. The zero-order chi connectivity index (χ0) is 16.7. The second kappa shape index (κ2) is 4.81. The molecule has 4 aliphatic rings. The van der Waals surface area contributed by atoms with Crippen LogP contribution >= 0.6 is 11.6 Å². The van der Waals surface area contributed by atoms with Crippen LogP contribution in [0.5, 0.6) is 0 Å². The topological polar surface area (TPSA) is 78.8 Å². The van der Waals surface area contributed by atoms with E-state index in [2.05, 4.69) is 9.71 Å². The van der Waals surface area contributed by atoms with Crippen molar-refractivity contribution < 1.29 is 13.5 Å². The van der Waals surface area contributed by atoms with E-state index in [1.807, 2.05) is 12.1 Å². The molecule has 7 heteroatoms. The van der Waals surface area contributed by atoms with Gasteiger partial charge in [-0.2, -0.15) is 0 Å². The summed E-state index contributed by atoms with van der Waals surface area (Å²) >= 11 is 6.21. The minimum atomic E-state index is -3.16. The Hall–Kier alpha value is -0.950. The highest BCUT2D eigenvalue weighted by Crippen LogP contribution is 2.60. The normalized spacial score (nSPS) is 36.7. The van der Waals surface area contributed by atoms with E-state index in [0.29, 0.717) is 24.4 Å². The van der Waals surface area contributed by atoms with Crippen molar-refractivity contribution in [3.05, 3.63) is 33.8 Å². The zero-order valence-corrected chi connectivity index (χ0v) is 14.6. The maximum absolute atomic E-state index is 12.1. The van der Waals surface area contributed by atoms with Crippen molar-refractivity contribution in [1.29, 1.82) is 0 Å². The van der Waals surface area contributed by atoms with E-state index >= 15 is 0 Å². The number of hydrogen-bond acceptors (Lipinski definition) is 4. The molecule has 3 aliphatic carbocycles. The van der Waals surface area contributed by atoms with E-state index in [0.717, 1.165) is 29.5 Å². The van der Waals surface area contributed by atoms with Gasteiger partial charge in [-0.25, -0.2) is 13.1 Å². The number of fused-ring (bicyclic) bond motifs is 2. The van der Waals surface area contributed by atoms with Gasteiger partial charge in [-0.3, -0.25) is 4.99 Å². The summed E-state index contributed by atoms with van der Waals surface area (Å²) in [5, 5.41) is 11.6. The van der Waals surface area contributed by atoms with Gasteiger partial charge in [-0.1, -0.05) is 11.6 Å². The molecule has 1 aliphatic heterocycles. The Morgan fingerprint density at radius 3 is 2.62 bits per heavy atom. The number of halogens is 1. The van der Waals surface area contributed by atoms with Gasteiger partial charge in [0.05, 0.1) is 17.4 Å². The Morgan fingerprint density at radius 2 is 1.96 bits per heavy atom. The summed E-state index contributed by atoms with van der Waals surface area (Å²) in [6.45, 7) is 0.581. The molecule has 24 heavy (non-hydrogen) atoms. The standard InChI is InChI=1S/C17H19ClN2O3S/c18-10-3-9-7-19-8-14(9)15(4-10)17(21)5-12-13(6-17)16(12)20-24(22,23)11-1-2-11/h3-4,7,11-13,16,20-21H,1-2,5-6,8H2/t12-,13+,16?,17?. The molecule has 1 aromatic carbocycles. The summed E-state index contributed by atoms with van der Waals surface area (Å²) in [5.74, 6) is 0.445. The molecule has 0 saturated heterocycles. The van der Waals surface area contributed by atoms with E-state index in [1.54, 1.807) is 6.21 Å². The minimum absolute atomic E-state index is 0.000595. The predicted molar refractivity (Wildman–Crippen MR) is 91.7 cm³/mol. The second-order valence-electron chi connectivity index (χ2n) is 7.65. The summed E-state index contributed by atoms with van der Waals surface area (Å²) in [6, 6.07) is 3.73. The average Bonchev–Trinajstić information content (AvgIpc) is 3.37. The first-order chi connectivity index (χ1) is 11.4. The number of rotatable bonds is 4. The summed E-state index contributed by atoms with van der Waals surface area (Å²) in [5.41, 5.74) is 1.99. The highest BCUT2D eigenvalue weighted by molar-refractivity contribution is 7.90. The molecular weight excluding hydrogens is 348 g/mol. The van der Waals surface area contributed by atoms with Crippen LogP contribution in [0.25, 0.3) is 0 Å². The van der Waals surface area contributed by atoms with Crippen LogP contribution in [0.1, 0.15) is 42.4 Å². The zero-order valence-electron chi connectivity index (χ0n) is 13.1. The maximum Gasteiger partial charge on any atom is 0.214 e. The fourth-order valence-electron chi connectivity index (χ4n) is 4.52. The fourth-order valence-corrected chi connectivity index (χ4v) is 6.43. The molecular formula is C17H19ClN2O3S. The van der Waals surface area contributed by atoms with E-state index in [4.69, 9.17) is 11.6 Å². The van der Waals surface area contributed by atoms with Crippen LogP contribution < -0.4 is 4.72 Å². The van der Waals surface area contributed by atoms with Gasteiger partial charge in [0.1, 0.15) is 0 Å². The maximum atomic E-state index is 12.1. The molecule has 0 aromatic heterocycles. The number of nitrogens with zero attached hydrogens (tertiary/aromatic N) is 1. The summed E-state index contributed by atoms with van der Waals surface area (Å²) in [7, 11) is -3.16. The van der Waals surface area contributed by atoms with Gasteiger partial charge < -0.3 is 5.11 Å². The molecule has 0 bridgehead atoms. The molecule has 3 saturated carbocycles.